The van der Waals surface area contributed by atoms with E-state index in [9.17, 15) is 0 Å². The van der Waals surface area contributed by atoms with Gasteiger partial charge in [-0.1, -0.05) is 36.4 Å². The van der Waals surface area contributed by atoms with Gasteiger partial charge < -0.3 is 9.55 Å². The van der Waals surface area contributed by atoms with E-state index in [4.69, 9.17) is 5.26 Å². The minimum Gasteiger partial charge on any atom is -0.371 e. The van der Waals surface area contributed by atoms with Crippen LogP contribution in [0.3, 0.4) is 0 Å². The van der Waals surface area contributed by atoms with E-state index in [1.807, 2.05) is 60.9 Å². The zero-order valence-corrected chi connectivity index (χ0v) is 20.7. The second kappa shape index (κ2) is 10.9. The van der Waals surface area contributed by atoms with E-state index < -0.39 is 0 Å². The van der Waals surface area contributed by atoms with Gasteiger partial charge in [0.15, 0.2) is 0 Å². The summed E-state index contributed by atoms with van der Waals surface area (Å²) in [6.45, 7) is 1.04. The number of hydrogen-bond donors (Lipinski definition) is 0. The van der Waals surface area contributed by atoms with Crippen LogP contribution in [0.4, 0.5) is 0 Å². The molecule has 3 aromatic carbocycles. The monoisotopic (exact) mass is 617 g/mol. The summed E-state index contributed by atoms with van der Waals surface area (Å²) in [5.74, 6) is 1.06. The Morgan fingerprint density at radius 1 is 0.882 bits per heavy atom. The second-order valence-corrected chi connectivity index (χ2v) is 7.66. The molecule has 1 aliphatic rings. The van der Waals surface area contributed by atoms with Gasteiger partial charge in [0.1, 0.15) is 0 Å². The van der Waals surface area contributed by atoms with Crippen molar-refractivity contribution >= 4 is 0 Å². The third kappa shape index (κ3) is 5.05. The third-order valence-electron chi connectivity index (χ3n) is 5.59. The van der Waals surface area contributed by atoms with Crippen molar-refractivity contribution < 1.29 is 20.1 Å². The molecule has 6 rings (SSSR count). The van der Waals surface area contributed by atoms with Crippen LogP contribution >= 0.6 is 0 Å². The van der Waals surface area contributed by atoms with Gasteiger partial charge in [0.25, 0.3) is 0 Å². The van der Waals surface area contributed by atoms with Crippen molar-refractivity contribution in [2.45, 2.75) is 13.0 Å². The van der Waals surface area contributed by atoms with Crippen LogP contribution < -0.4 is 0 Å². The van der Waals surface area contributed by atoms with Crippen LogP contribution in [0.1, 0.15) is 11.1 Å². The molecule has 3 heterocycles. The second-order valence-electron chi connectivity index (χ2n) is 7.66. The summed E-state index contributed by atoms with van der Waals surface area (Å²) in [5, 5.41) is 8.81. The molecule has 5 heteroatoms. The number of rotatable bonds is 2. The van der Waals surface area contributed by atoms with Crippen molar-refractivity contribution in [3.05, 3.63) is 121 Å². The van der Waals surface area contributed by atoms with Gasteiger partial charge in [-0.3, -0.25) is 4.98 Å². The Bertz CT molecular complexity index is 1420. The molecule has 0 fully saturated rings. The fourth-order valence-corrected chi connectivity index (χ4v) is 3.89. The number of imidazole rings is 1. The molecule has 34 heavy (non-hydrogen) atoms. The Labute approximate surface area is 212 Å². The number of aromatic nitrogens is 3. The number of nitrogens with zero attached hydrogens (tertiary/aromatic N) is 4. The number of fused-ring (bicyclic) bond motifs is 3. The first-order chi connectivity index (χ1) is 16.3. The Kier molecular flexibility index (Phi) is 7.44. The molecule has 0 bridgehead atoms. The Hall–Kier alpha value is -3.84. The molecule has 0 spiro atoms. The van der Waals surface area contributed by atoms with Crippen molar-refractivity contribution in [1.82, 2.24) is 14.5 Å². The van der Waals surface area contributed by atoms with Gasteiger partial charge in [-0.05, 0) is 34.9 Å². The Morgan fingerprint density at radius 2 is 1.76 bits per heavy atom. The SMILES string of the molecule is N#Cc1c[c-]c(-c2cc(-c3ccccc3)ccn2)cc1.[Ir].[c-]1cccc2c1-c1nccn1CC2. The average molecular weight is 617 g/mol. The van der Waals surface area contributed by atoms with E-state index in [0.29, 0.717) is 5.56 Å². The van der Waals surface area contributed by atoms with Crippen molar-refractivity contribution in [2.24, 2.45) is 0 Å². The summed E-state index contributed by atoms with van der Waals surface area (Å²) in [6, 6.07) is 34.1. The summed E-state index contributed by atoms with van der Waals surface area (Å²) >= 11 is 0. The minimum absolute atomic E-state index is 0. The van der Waals surface area contributed by atoms with Gasteiger partial charge in [0.2, 0.25) is 0 Å². The van der Waals surface area contributed by atoms with Crippen LogP contribution in [0.15, 0.2) is 97.5 Å². The maximum Gasteiger partial charge on any atom is 0.0560 e. The maximum absolute atomic E-state index is 8.81. The summed E-state index contributed by atoms with van der Waals surface area (Å²) < 4.78 is 2.18. The normalized spacial score (nSPS) is 11.0. The third-order valence-corrected chi connectivity index (χ3v) is 5.59. The standard InChI is InChI=1S/C18H11N2.C11H9N2.Ir/c19-13-14-6-8-16(9-7-14)18-12-17(10-11-20-18)15-4-2-1-3-5-15;1-2-4-10-9(3-1)5-7-13-8-6-12-11(10)13;/h1-8,10-12H;1-3,6,8H,5,7H2;/q2*-1;. The molecule has 0 aliphatic carbocycles. The molecule has 0 unspecified atom stereocenters. The molecule has 0 atom stereocenters. The predicted octanol–water partition coefficient (Wildman–Crippen LogP) is 5.99. The van der Waals surface area contributed by atoms with Gasteiger partial charge in [0.05, 0.1) is 5.82 Å². The molecule has 0 amide bonds. The number of aryl methyl sites for hydroxylation is 2. The van der Waals surface area contributed by atoms with E-state index in [1.54, 1.807) is 18.3 Å². The molecule has 0 N–H and O–H groups in total. The zero-order valence-electron chi connectivity index (χ0n) is 18.3. The van der Waals surface area contributed by atoms with Gasteiger partial charge in [-0.25, -0.2) is 5.26 Å². The first-order valence-electron chi connectivity index (χ1n) is 10.8. The molecule has 4 nitrogen and oxygen atoms in total. The van der Waals surface area contributed by atoms with Crippen molar-refractivity contribution in [1.29, 1.82) is 5.26 Å². The number of benzene rings is 3. The zero-order chi connectivity index (χ0) is 22.5. The van der Waals surface area contributed by atoms with E-state index in [0.717, 1.165) is 41.2 Å². The van der Waals surface area contributed by atoms with Gasteiger partial charge in [-0.15, -0.1) is 65.2 Å². The van der Waals surface area contributed by atoms with Crippen LogP contribution in [0, 0.1) is 23.5 Å². The topological polar surface area (TPSA) is 54.5 Å². The number of pyridine rings is 1. The van der Waals surface area contributed by atoms with Crippen LogP contribution in [0.5, 0.6) is 0 Å². The molecule has 1 radical (unpaired) electrons. The van der Waals surface area contributed by atoms with Crippen LogP contribution in [-0.4, -0.2) is 14.5 Å². The Morgan fingerprint density at radius 3 is 2.56 bits per heavy atom. The largest absolute Gasteiger partial charge is 0.371 e. The van der Waals surface area contributed by atoms with Crippen molar-refractivity contribution in [2.75, 3.05) is 0 Å². The van der Waals surface area contributed by atoms with Crippen LogP contribution in [-0.2, 0) is 33.1 Å². The molecule has 167 valence electrons. The molecule has 0 saturated carbocycles. The molecule has 0 saturated heterocycles. The first-order valence-corrected chi connectivity index (χ1v) is 10.8. The first kappa shape index (κ1) is 23.3. The van der Waals surface area contributed by atoms with Gasteiger partial charge >= 0.3 is 0 Å². The fraction of sp³-hybridized carbons (Fsp3) is 0.0690. The van der Waals surface area contributed by atoms with Crippen LogP contribution in [0.2, 0.25) is 0 Å². The summed E-state index contributed by atoms with van der Waals surface area (Å²) in [7, 11) is 0. The van der Waals surface area contributed by atoms with E-state index in [1.165, 1.54) is 11.1 Å². The quantitative estimate of drug-likeness (QED) is 0.229. The van der Waals surface area contributed by atoms with Crippen LogP contribution in [0.25, 0.3) is 33.8 Å². The summed E-state index contributed by atoms with van der Waals surface area (Å²) in [4.78, 5) is 8.71. The summed E-state index contributed by atoms with van der Waals surface area (Å²) in [6.07, 6.45) is 6.77. The Balaban J connectivity index is 0.000000169. The van der Waals surface area contributed by atoms with Gasteiger partial charge in [0, 0.05) is 51.3 Å². The maximum atomic E-state index is 8.81. The summed E-state index contributed by atoms with van der Waals surface area (Å²) in [5.41, 5.74) is 7.16. The molecular weight excluding hydrogens is 597 g/mol. The number of nitriles is 1. The molecule has 2 aromatic heterocycles. The molecule has 5 aromatic rings. The smallest absolute Gasteiger partial charge is 0.0560 e. The predicted molar refractivity (Wildman–Crippen MR) is 129 cm³/mol. The van der Waals surface area contributed by atoms with E-state index in [-0.39, 0.29) is 20.1 Å². The molecular formula is C29H20IrN4-2. The minimum atomic E-state index is 0. The van der Waals surface area contributed by atoms with E-state index in [2.05, 4.69) is 50.9 Å². The number of hydrogen-bond acceptors (Lipinski definition) is 3. The van der Waals surface area contributed by atoms with Gasteiger partial charge in [-0.2, -0.15) is 0 Å². The van der Waals surface area contributed by atoms with E-state index >= 15 is 0 Å². The average Bonchev–Trinajstić information content (AvgIpc) is 3.39. The fourth-order valence-electron chi connectivity index (χ4n) is 3.89. The van der Waals surface area contributed by atoms with Crippen molar-refractivity contribution in [3.8, 4) is 39.8 Å². The van der Waals surface area contributed by atoms with Crippen molar-refractivity contribution in [3.63, 3.8) is 0 Å². The molecule has 1 aliphatic heterocycles.